The lowest BCUT2D eigenvalue weighted by Gasteiger charge is -2.05. The summed E-state index contributed by atoms with van der Waals surface area (Å²) in [7, 11) is 4.10. The van der Waals surface area contributed by atoms with Crippen LogP contribution in [0, 0.1) is 0 Å². The van der Waals surface area contributed by atoms with Gasteiger partial charge in [-0.3, -0.25) is 4.79 Å². The fraction of sp³-hybridized carbons (Fsp3) is 0.917. The van der Waals surface area contributed by atoms with Gasteiger partial charge in [0.15, 0.2) is 0 Å². The lowest BCUT2D eigenvalue weighted by Crippen LogP contribution is -2.16. The van der Waals surface area contributed by atoms with Gasteiger partial charge in [-0.25, -0.2) is 4.79 Å². The molecule has 188 valence electrons. The lowest BCUT2D eigenvalue weighted by molar-refractivity contribution is -0.145. The highest BCUT2D eigenvalue weighted by Gasteiger charge is 2.01. The van der Waals surface area contributed by atoms with E-state index < -0.39 is 18.0 Å². The highest BCUT2D eigenvalue weighted by molar-refractivity contribution is 5.71. The summed E-state index contributed by atoms with van der Waals surface area (Å²) in [5.41, 5.74) is 5.25. The highest BCUT2D eigenvalue weighted by Crippen LogP contribution is 2.12. The molecule has 0 bridgehead atoms. The SMILES string of the molecule is CC(O)C(=O)O.CCCCCCCCCCCCCCCC(=O)O.CN(C)CCCN. The molecule has 5 N–H and O–H groups in total. The molecule has 0 aromatic heterocycles. The Morgan fingerprint density at radius 1 is 0.774 bits per heavy atom. The van der Waals surface area contributed by atoms with E-state index in [2.05, 4.69) is 25.9 Å². The van der Waals surface area contributed by atoms with Crippen molar-refractivity contribution in [1.82, 2.24) is 4.90 Å². The number of unbranched alkanes of at least 4 members (excludes halogenated alkanes) is 12. The number of aliphatic hydroxyl groups is 1. The maximum atomic E-state index is 10.3. The average Bonchev–Trinajstić information content (AvgIpc) is 2.70. The van der Waals surface area contributed by atoms with E-state index in [1.807, 2.05) is 0 Å². The Hall–Kier alpha value is -1.18. The first-order chi connectivity index (χ1) is 14.7. The average molecular weight is 449 g/mol. The van der Waals surface area contributed by atoms with Gasteiger partial charge in [-0.05, 0) is 47.0 Å². The highest BCUT2D eigenvalue weighted by atomic mass is 16.4. The van der Waals surface area contributed by atoms with Gasteiger partial charge in [0, 0.05) is 6.42 Å². The standard InChI is InChI=1S/C16H32O2.C5H14N2.C3H6O3/c1-2-3-4-5-6-7-8-9-10-11-12-13-14-15-16(17)18;1-7(2)5-3-4-6;1-2(4)3(5)6/h2-15H2,1H3,(H,17,18);3-6H2,1-2H3;2,4H,1H3,(H,5,6). The van der Waals surface area contributed by atoms with Crippen LogP contribution >= 0.6 is 0 Å². The van der Waals surface area contributed by atoms with E-state index in [1.54, 1.807) is 0 Å². The van der Waals surface area contributed by atoms with Crippen LogP contribution < -0.4 is 5.73 Å². The van der Waals surface area contributed by atoms with Crippen molar-refractivity contribution < 1.29 is 24.9 Å². The number of hydrogen-bond acceptors (Lipinski definition) is 5. The van der Waals surface area contributed by atoms with Gasteiger partial charge in [-0.1, -0.05) is 84.0 Å². The van der Waals surface area contributed by atoms with Crippen molar-refractivity contribution in [2.45, 2.75) is 116 Å². The Morgan fingerprint density at radius 3 is 1.35 bits per heavy atom. The zero-order valence-corrected chi connectivity index (χ0v) is 20.8. The van der Waals surface area contributed by atoms with Crippen LogP contribution in [-0.2, 0) is 9.59 Å². The first kappa shape index (κ1) is 34.4. The van der Waals surface area contributed by atoms with Crippen molar-refractivity contribution in [1.29, 1.82) is 0 Å². The second-order valence-corrected chi connectivity index (χ2v) is 8.35. The second-order valence-electron chi connectivity index (χ2n) is 8.35. The number of carboxylic acid groups (broad SMARTS) is 2. The predicted molar refractivity (Wildman–Crippen MR) is 129 cm³/mol. The first-order valence-electron chi connectivity index (χ1n) is 12.2. The maximum Gasteiger partial charge on any atom is 0.332 e. The van der Waals surface area contributed by atoms with Crippen molar-refractivity contribution in [3.8, 4) is 0 Å². The van der Waals surface area contributed by atoms with E-state index in [1.165, 1.54) is 77.6 Å². The van der Waals surface area contributed by atoms with E-state index in [0.29, 0.717) is 6.42 Å². The van der Waals surface area contributed by atoms with Gasteiger partial charge >= 0.3 is 11.9 Å². The summed E-state index contributed by atoms with van der Waals surface area (Å²) < 4.78 is 0. The minimum absolute atomic E-state index is 0.345. The molecule has 0 heterocycles. The van der Waals surface area contributed by atoms with Gasteiger partial charge in [0.25, 0.3) is 0 Å². The summed E-state index contributed by atoms with van der Waals surface area (Å²) in [6.07, 6.45) is 17.1. The molecule has 0 amide bonds. The molecule has 0 aliphatic carbocycles. The summed E-state index contributed by atoms with van der Waals surface area (Å²) in [4.78, 5) is 21.9. The summed E-state index contributed by atoms with van der Waals surface area (Å²) >= 11 is 0. The Labute approximate surface area is 191 Å². The number of aliphatic hydroxyl groups excluding tert-OH is 1. The number of rotatable bonds is 18. The maximum absolute atomic E-state index is 10.3. The van der Waals surface area contributed by atoms with Gasteiger partial charge in [-0.15, -0.1) is 0 Å². The number of nitrogens with two attached hydrogens (primary N) is 1. The summed E-state index contributed by atoms with van der Waals surface area (Å²) in [6.45, 7) is 5.37. The van der Waals surface area contributed by atoms with Gasteiger partial charge in [0.05, 0.1) is 0 Å². The molecular weight excluding hydrogens is 396 g/mol. The van der Waals surface area contributed by atoms with E-state index in [4.69, 9.17) is 21.1 Å². The van der Waals surface area contributed by atoms with Crippen LogP contribution in [0.4, 0.5) is 0 Å². The van der Waals surface area contributed by atoms with Crippen molar-refractivity contribution in [2.75, 3.05) is 27.2 Å². The van der Waals surface area contributed by atoms with Crippen molar-refractivity contribution in [3.05, 3.63) is 0 Å². The second kappa shape index (κ2) is 28.8. The van der Waals surface area contributed by atoms with Gasteiger partial charge in [0.2, 0.25) is 0 Å². The molecule has 0 rings (SSSR count). The van der Waals surface area contributed by atoms with Crippen molar-refractivity contribution in [2.24, 2.45) is 5.73 Å². The van der Waals surface area contributed by atoms with Crippen LogP contribution in [0.2, 0.25) is 0 Å². The fourth-order valence-electron chi connectivity index (χ4n) is 2.70. The molecule has 0 spiro atoms. The van der Waals surface area contributed by atoms with Crippen molar-refractivity contribution >= 4 is 11.9 Å². The molecule has 0 aliphatic heterocycles. The third-order valence-corrected chi connectivity index (χ3v) is 4.66. The summed E-state index contributed by atoms with van der Waals surface area (Å²) in [5.74, 6) is -1.84. The van der Waals surface area contributed by atoms with E-state index in [9.17, 15) is 9.59 Å². The molecule has 7 heteroatoms. The van der Waals surface area contributed by atoms with Crippen molar-refractivity contribution in [3.63, 3.8) is 0 Å². The zero-order valence-electron chi connectivity index (χ0n) is 20.8. The quantitative estimate of drug-likeness (QED) is 0.220. The smallest absolute Gasteiger partial charge is 0.332 e. The number of carbonyl (C=O) groups is 2. The minimum atomic E-state index is -1.23. The molecule has 0 radical (unpaired) electrons. The van der Waals surface area contributed by atoms with Crippen LogP contribution in [-0.4, -0.2) is 65.4 Å². The zero-order chi connectivity index (χ0) is 24.3. The molecule has 0 aromatic rings. The topological polar surface area (TPSA) is 124 Å². The summed E-state index contributed by atoms with van der Waals surface area (Å²) in [6, 6.07) is 0. The first-order valence-corrected chi connectivity index (χ1v) is 12.2. The molecule has 0 aromatic carbocycles. The molecular formula is C24H52N2O5. The largest absolute Gasteiger partial charge is 0.481 e. The van der Waals surface area contributed by atoms with Crippen LogP contribution in [0.15, 0.2) is 0 Å². The van der Waals surface area contributed by atoms with Gasteiger partial charge < -0.3 is 26.0 Å². The minimum Gasteiger partial charge on any atom is -0.481 e. The number of carboxylic acids is 2. The Kier molecular flexibility index (Phi) is 32.0. The number of aliphatic carboxylic acids is 2. The summed E-state index contributed by atoms with van der Waals surface area (Å²) in [5, 5.41) is 24.3. The van der Waals surface area contributed by atoms with E-state index in [-0.39, 0.29) is 0 Å². The lowest BCUT2D eigenvalue weighted by atomic mass is 10.0. The van der Waals surface area contributed by atoms with E-state index in [0.717, 1.165) is 32.4 Å². The van der Waals surface area contributed by atoms with Crippen LogP contribution in [0.5, 0.6) is 0 Å². The normalized spacial score (nSPS) is 11.2. The molecule has 0 aliphatic rings. The molecule has 0 fully saturated rings. The number of hydrogen-bond donors (Lipinski definition) is 4. The van der Waals surface area contributed by atoms with Crippen LogP contribution in [0.1, 0.15) is 110 Å². The third kappa shape index (κ3) is 43.5. The third-order valence-electron chi connectivity index (χ3n) is 4.66. The van der Waals surface area contributed by atoms with Crippen LogP contribution in [0.25, 0.3) is 0 Å². The monoisotopic (exact) mass is 448 g/mol. The molecule has 1 atom stereocenters. The molecule has 1 unspecified atom stereocenters. The van der Waals surface area contributed by atoms with Crippen LogP contribution in [0.3, 0.4) is 0 Å². The fourth-order valence-corrected chi connectivity index (χ4v) is 2.70. The Balaban J connectivity index is -0.000000492. The Morgan fingerprint density at radius 2 is 1.13 bits per heavy atom. The Bertz CT molecular complexity index is 377. The predicted octanol–water partition coefficient (Wildman–Crippen LogP) is 4.90. The molecule has 31 heavy (non-hydrogen) atoms. The molecule has 0 saturated heterocycles. The van der Waals surface area contributed by atoms with Gasteiger partial charge in [0.1, 0.15) is 6.10 Å². The molecule has 7 nitrogen and oxygen atoms in total. The number of nitrogens with zero attached hydrogens (tertiary/aromatic N) is 1. The molecule has 0 saturated carbocycles. The van der Waals surface area contributed by atoms with E-state index >= 15 is 0 Å². The van der Waals surface area contributed by atoms with Gasteiger partial charge in [-0.2, -0.15) is 0 Å².